The highest BCUT2D eigenvalue weighted by Gasteiger charge is 2.05. The molecule has 3 heteroatoms. The molecule has 1 aromatic heterocycles. The quantitative estimate of drug-likeness (QED) is 0.811. The summed E-state index contributed by atoms with van der Waals surface area (Å²) >= 11 is 1.94. The van der Waals surface area contributed by atoms with Gasteiger partial charge in [-0.15, -0.1) is 0 Å². The first-order valence-corrected chi connectivity index (χ1v) is 7.11. The molecule has 0 spiro atoms. The lowest BCUT2D eigenvalue weighted by atomic mass is 10.1. The summed E-state index contributed by atoms with van der Waals surface area (Å²) in [5.41, 5.74) is 1.97. The maximum Gasteiger partial charge on any atom is 0.141 e. The van der Waals surface area contributed by atoms with Crippen LogP contribution in [0.2, 0.25) is 0 Å². The molecule has 0 aliphatic rings. The Morgan fingerprint density at radius 2 is 2.18 bits per heavy atom. The van der Waals surface area contributed by atoms with E-state index in [1.807, 2.05) is 30.0 Å². The third-order valence-corrected chi connectivity index (χ3v) is 3.83. The standard InChI is InChI=1S/C14H17NOS/c1-2-3-9-17-10-11-6-7-13(16)14-12(11)5-4-8-15-14/h4-8,16H,2-3,9-10H2,1H3. The molecule has 17 heavy (non-hydrogen) atoms. The molecule has 0 radical (unpaired) electrons. The van der Waals surface area contributed by atoms with Crippen molar-refractivity contribution in [3.63, 3.8) is 0 Å². The maximum absolute atomic E-state index is 9.74. The molecule has 0 atom stereocenters. The monoisotopic (exact) mass is 247 g/mol. The van der Waals surface area contributed by atoms with E-state index in [0.717, 1.165) is 11.1 Å². The predicted octanol–water partition coefficient (Wildman–Crippen LogP) is 3.97. The van der Waals surface area contributed by atoms with Gasteiger partial charge < -0.3 is 5.11 Å². The molecule has 0 aliphatic carbocycles. The van der Waals surface area contributed by atoms with Crippen molar-refractivity contribution in [3.8, 4) is 5.75 Å². The summed E-state index contributed by atoms with van der Waals surface area (Å²) in [5.74, 6) is 2.45. The van der Waals surface area contributed by atoms with Crippen LogP contribution in [0.4, 0.5) is 0 Å². The minimum Gasteiger partial charge on any atom is -0.506 e. The molecule has 0 fully saturated rings. The van der Waals surface area contributed by atoms with Crippen molar-refractivity contribution < 1.29 is 5.11 Å². The molecule has 90 valence electrons. The van der Waals surface area contributed by atoms with Gasteiger partial charge in [-0.2, -0.15) is 11.8 Å². The van der Waals surface area contributed by atoms with Gasteiger partial charge in [-0.1, -0.05) is 25.5 Å². The third-order valence-electron chi connectivity index (χ3n) is 2.74. The number of unbranched alkanes of at least 4 members (excludes halogenated alkanes) is 1. The van der Waals surface area contributed by atoms with E-state index in [0.29, 0.717) is 5.52 Å². The number of hydrogen-bond acceptors (Lipinski definition) is 3. The van der Waals surface area contributed by atoms with Crippen molar-refractivity contribution in [1.29, 1.82) is 0 Å². The SMILES string of the molecule is CCCCSCc1ccc(O)c2ncccc12. The fraction of sp³-hybridized carbons (Fsp3) is 0.357. The number of phenols is 1. The Morgan fingerprint density at radius 1 is 1.29 bits per heavy atom. The minimum absolute atomic E-state index is 0.267. The van der Waals surface area contributed by atoms with Crippen molar-refractivity contribution in [2.75, 3.05) is 5.75 Å². The molecule has 1 N–H and O–H groups in total. The number of phenolic OH excluding ortho intramolecular Hbond substituents is 1. The molecule has 0 unspecified atom stereocenters. The van der Waals surface area contributed by atoms with Crippen LogP contribution in [0.3, 0.4) is 0 Å². The van der Waals surface area contributed by atoms with Gasteiger partial charge in [0, 0.05) is 17.3 Å². The van der Waals surface area contributed by atoms with Crippen LogP contribution in [0, 0.1) is 0 Å². The van der Waals surface area contributed by atoms with E-state index in [9.17, 15) is 5.11 Å². The van der Waals surface area contributed by atoms with E-state index in [1.165, 1.54) is 24.2 Å². The molecule has 2 rings (SSSR count). The van der Waals surface area contributed by atoms with E-state index in [4.69, 9.17) is 0 Å². The Morgan fingerprint density at radius 3 is 3.00 bits per heavy atom. The number of thioether (sulfide) groups is 1. The summed E-state index contributed by atoms with van der Waals surface area (Å²) in [6, 6.07) is 7.68. The average molecular weight is 247 g/mol. The van der Waals surface area contributed by atoms with E-state index in [-0.39, 0.29) is 5.75 Å². The van der Waals surface area contributed by atoms with Crippen LogP contribution < -0.4 is 0 Å². The summed E-state index contributed by atoms with van der Waals surface area (Å²) in [6.45, 7) is 2.21. The van der Waals surface area contributed by atoms with Crippen LogP contribution >= 0.6 is 11.8 Å². The summed E-state index contributed by atoms with van der Waals surface area (Å²) in [6.07, 6.45) is 4.22. The number of aromatic nitrogens is 1. The average Bonchev–Trinajstić information content (AvgIpc) is 2.37. The van der Waals surface area contributed by atoms with Gasteiger partial charge in [-0.05, 0) is 29.9 Å². The van der Waals surface area contributed by atoms with Gasteiger partial charge in [0.05, 0.1) is 0 Å². The topological polar surface area (TPSA) is 33.1 Å². The van der Waals surface area contributed by atoms with Crippen LogP contribution in [0.5, 0.6) is 5.75 Å². The molecule has 0 saturated heterocycles. The van der Waals surface area contributed by atoms with Gasteiger partial charge in [-0.3, -0.25) is 4.98 Å². The normalized spacial score (nSPS) is 10.9. The maximum atomic E-state index is 9.74. The molecule has 0 bridgehead atoms. The number of nitrogens with zero attached hydrogens (tertiary/aromatic N) is 1. The second kappa shape index (κ2) is 5.92. The van der Waals surface area contributed by atoms with E-state index in [1.54, 1.807) is 12.3 Å². The lowest BCUT2D eigenvalue weighted by Crippen LogP contribution is -1.88. The van der Waals surface area contributed by atoms with Gasteiger partial charge in [0.1, 0.15) is 11.3 Å². The number of rotatable bonds is 5. The smallest absolute Gasteiger partial charge is 0.141 e. The Bertz CT molecular complexity index is 499. The Kier molecular flexibility index (Phi) is 4.26. The van der Waals surface area contributed by atoms with Gasteiger partial charge in [-0.25, -0.2) is 0 Å². The van der Waals surface area contributed by atoms with Crippen LogP contribution in [-0.2, 0) is 5.75 Å². The number of aromatic hydroxyl groups is 1. The van der Waals surface area contributed by atoms with Crippen molar-refractivity contribution in [2.24, 2.45) is 0 Å². The molecule has 0 amide bonds. The zero-order chi connectivity index (χ0) is 12.1. The molecular formula is C14H17NOS. The largest absolute Gasteiger partial charge is 0.506 e. The van der Waals surface area contributed by atoms with E-state index in [2.05, 4.69) is 11.9 Å². The number of pyridine rings is 1. The number of benzene rings is 1. The lowest BCUT2D eigenvalue weighted by molar-refractivity contribution is 0.480. The fourth-order valence-electron chi connectivity index (χ4n) is 1.77. The van der Waals surface area contributed by atoms with Crippen molar-refractivity contribution in [1.82, 2.24) is 4.98 Å². The van der Waals surface area contributed by atoms with Crippen LogP contribution in [0.25, 0.3) is 10.9 Å². The summed E-state index contributed by atoms with van der Waals surface area (Å²) < 4.78 is 0. The molecule has 1 heterocycles. The highest BCUT2D eigenvalue weighted by atomic mass is 32.2. The second-order valence-corrected chi connectivity index (χ2v) is 5.15. The first kappa shape index (κ1) is 12.2. The highest BCUT2D eigenvalue weighted by molar-refractivity contribution is 7.98. The number of hydrogen-bond donors (Lipinski definition) is 1. The molecule has 2 nitrogen and oxygen atoms in total. The van der Waals surface area contributed by atoms with Crippen molar-refractivity contribution in [3.05, 3.63) is 36.0 Å². The molecule has 0 aliphatic heterocycles. The van der Waals surface area contributed by atoms with Crippen LogP contribution in [0.15, 0.2) is 30.5 Å². The first-order valence-electron chi connectivity index (χ1n) is 5.96. The van der Waals surface area contributed by atoms with Crippen molar-refractivity contribution in [2.45, 2.75) is 25.5 Å². The Balaban J connectivity index is 2.20. The molecular weight excluding hydrogens is 230 g/mol. The van der Waals surface area contributed by atoms with Crippen LogP contribution in [-0.4, -0.2) is 15.8 Å². The summed E-state index contributed by atoms with van der Waals surface area (Å²) in [5, 5.41) is 10.8. The van der Waals surface area contributed by atoms with Gasteiger partial charge >= 0.3 is 0 Å². The minimum atomic E-state index is 0.267. The zero-order valence-electron chi connectivity index (χ0n) is 10.0. The molecule has 1 aromatic carbocycles. The van der Waals surface area contributed by atoms with Crippen molar-refractivity contribution >= 4 is 22.7 Å². The Hall–Kier alpha value is -1.22. The third kappa shape index (κ3) is 2.91. The summed E-state index contributed by atoms with van der Waals surface area (Å²) in [4.78, 5) is 4.23. The zero-order valence-corrected chi connectivity index (χ0v) is 10.8. The highest BCUT2D eigenvalue weighted by Crippen LogP contribution is 2.28. The first-order chi connectivity index (χ1) is 8.33. The van der Waals surface area contributed by atoms with Crippen LogP contribution in [0.1, 0.15) is 25.3 Å². The second-order valence-electron chi connectivity index (χ2n) is 4.05. The fourth-order valence-corrected chi connectivity index (χ4v) is 2.88. The number of fused-ring (bicyclic) bond motifs is 1. The summed E-state index contributed by atoms with van der Waals surface area (Å²) in [7, 11) is 0. The lowest BCUT2D eigenvalue weighted by Gasteiger charge is -2.07. The van der Waals surface area contributed by atoms with E-state index >= 15 is 0 Å². The predicted molar refractivity (Wildman–Crippen MR) is 74.5 cm³/mol. The van der Waals surface area contributed by atoms with Gasteiger partial charge in [0.15, 0.2) is 0 Å². The van der Waals surface area contributed by atoms with Gasteiger partial charge in [0.25, 0.3) is 0 Å². The Labute approximate surface area is 106 Å². The molecule has 2 aromatic rings. The molecule has 0 saturated carbocycles. The van der Waals surface area contributed by atoms with Gasteiger partial charge in [0.2, 0.25) is 0 Å². The van der Waals surface area contributed by atoms with E-state index < -0.39 is 0 Å².